The summed E-state index contributed by atoms with van der Waals surface area (Å²) in [4.78, 5) is 66.1. The number of anilines is 1. The van der Waals surface area contributed by atoms with Crippen LogP contribution in [0.4, 0.5) is 5.69 Å². The quantitative estimate of drug-likeness (QED) is 0.214. The molecule has 0 fully saturated rings. The predicted octanol–water partition coefficient (Wildman–Crippen LogP) is 4.62. The Kier molecular flexibility index (Phi) is 10.4. The van der Waals surface area contributed by atoms with E-state index in [0.717, 1.165) is 16.7 Å². The zero-order chi connectivity index (χ0) is 35.2. The lowest BCUT2D eigenvalue weighted by Crippen LogP contribution is -2.56. The van der Waals surface area contributed by atoms with Crippen LogP contribution in [0.1, 0.15) is 46.3 Å². The number of ketones is 1. The maximum Gasteiger partial charge on any atom is 0.247 e. The fourth-order valence-electron chi connectivity index (χ4n) is 6.06. The van der Waals surface area contributed by atoms with Crippen LogP contribution in [-0.2, 0) is 27.3 Å². The average molecular weight is 694 g/mol. The lowest BCUT2D eigenvalue weighted by atomic mass is 9.92. The molecule has 3 aliphatic rings. The van der Waals surface area contributed by atoms with E-state index in [4.69, 9.17) is 11.6 Å². The van der Waals surface area contributed by atoms with E-state index in [1.807, 2.05) is 37.3 Å². The molecule has 50 heavy (non-hydrogen) atoms. The predicted molar refractivity (Wildman–Crippen MR) is 190 cm³/mol. The Morgan fingerprint density at radius 3 is 2.56 bits per heavy atom. The van der Waals surface area contributed by atoms with E-state index in [2.05, 4.69) is 25.9 Å². The van der Waals surface area contributed by atoms with Gasteiger partial charge in [0.15, 0.2) is 11.6 Å². The van der Waals surface area contributed by atoms with Crippen LogP contribution >= 0.6 is 11.6 Å². The van der Waals surface area contributed by atoms with Gasteiger partial charge in [-0.1, -0.05) is 66.2 Å². The molecular formula is C37H36ClN7O5. The highest BCUT2D eigenvalue weighted by atomic mass is 35.5. The van der Waals surface area contributed by atoms with Crippen LogP contribution in [0, 0.1) is 6.92 Å². The lowest BCUT2D eigenvalue weighted by molar-refractivity contribution is -0.142. The highest BCUT2D eigenvalue weighted by Crippen LogP contribution is 2.26. The van der Waals surface area contributed by atoms with Crippen LogP contribution in [-0.4, -0.2) is 69.2 Å². The smallest absolute Gasteiger partial charge is 0.247 e. The largest absolute Gasteiger partial charge is 0.492 e. The number of fused-ring (bicyclic) bond motifs is 2. The first-order valence-electron chi connectivity index (χ1n) is 16.2. The summed E-state index contributed by atoms with van der Waals surface area (Å²) in [6.45, 7) is 2.21. The number of carbonyl (C=O) groups excluding carboxylic acids is 4. The highest BCUT2D eigenvalue weighted by molar-refractivity contribution is 6.31. The molecule has 0 aromatic heterocycles. The van der Waals surface area contributed by atoms with Crippen molar-refractivity contribution in [2.24, 2.45) is 9.98 Å². The van der Waals surface area contributed by atoms with Crippen LogP contribution in [0.2, 0.25) is 5.02 Å². The van der Waals surface area contributed by atoms with Gasteiger partial charge in [0.05, 0.1) is 0 Å². The van der Waals surface area contributed by atoms with Gasteiger partial charge in [-0.05, 0) is 48.2 Å². The molecule has 4 N–H and O–H groups in total. The molecule has 0 saturated carbocycles. The minimum atomic E-state index is -1.05. The van der Waals surface area contributed by atoms with Crippen molar-refractivity contribution in [1.82, 2.24) is 20.4 Å². The van der Waals surface area contributed by atoms with Gasteiger partial charge >= 0.3 is 0 Å². The molecule has 0 unspecified atom stereocenters. The minimum Gasteiger partial charge on any atom is -0.492 e. The molecule has 3 aliphatic heterocycles. The van der Waals surface area contributed by atoms with Crippen molar-refractivity contribution in [2.45, 2.75) is 51.2 Å². The number of aliphatic hydroxyl groups excluding tert-OH is 1. The van der Waals surface area contributed by atoms with Gasteiger partial charge in [0.2, 0.25) is 23.6 Å². The van der Waals surface area contributed by atoms with E-state index in [1.54, 1.807) is 53.6 Å². The fourth-order valence-corrected chi connectivity index (χ4v) is 6.17. The van der Waals surface area contributed by atoms with Gasteiger partial charge in [0.25, 0.3) is 0 Å². The van der Waals surface area contributed by atoms with Crippen LogP contribution in [0.25, 0.3) is 0 Å². The molecule has 0 radical (unpaired) electrons. The Morgan fingerprint density at radius 1 is 1.02 bits per heavy atom. The Hall–Kier alpha value is -5.75. The molecule has 12 nitrogen and oxygen atoms in total. The van der Waals surface area contributed by atoms with Crippen molar-refractivity contribution in [3.63, 3.8) is 0 Å². The van der Waals surface area contributed by atoms with Gasteiger partial charge in [-0.25, -0.2) is 9.98 Å². The fraction of sp³-hybridized carbons (Fsp3) is 0.243. The van der Waals surface area contributed by atoms with Crippen molar-refractivity contribution in [3.8, 4) is 0 Å². The molecule has 3 heterocycles. The molecule has 256 valence electrons. The highest BCUT2D eigenvalue weighted by Gasteiger charge is 2.37. The number of hydrogen-bond acceptors (Lipinski definition) is 9. The maximum atomic E-state index is 14.2. The van der Waals surface area contributed by atoms with E-state index < -0.39 is 23.9 Å². The van der Waals surface area contributed by atoms with E-state index in [1.165, 1.54) is 17.4 Å². The summed E-state index contributed by atoms with van der Waals surface area (Å²) in [6.07, 6.45) is 4.80. The standard InChI is InChI=1S/C37H36ClN7O5/c1-23-19-27(11-12-28(23)38)42-35(48)29(15-18-44-22-41-37(50)33-34(44)40-17-16-39-33)43-36(49)30-20-25-9-5-6-10-26(25)21-45(30)32(47)14-13-31(46)24-7-3-2-4-8-24/h2-12,16-17,19,22,29-30,39,50H,13-15,18,20-21H2,1H3,(H,42,48)(H,43,49)/t29-,30-/m0/s1. The van der Waals surface area contributed by atoms with E-state index in [-0.39, 0.29) is 56.3 Å². The number of nitrogens with zero attached hydrogens (tertiary/aromatic N) is 4. The molecule has 3 amide bonds. The third kappa shape index (κ3) is 7.76. The average Bonchev–Trinajstić information content (AvgIpc) is 3.14. The topological polar surface area (TPSA) is 156 Å². The second-order valence-electron chi connectivity index (χ2n) is 12.2. The molecular weight excluding hydrogens is 658 g/mol. The molecule has 6 rings (SSSR count). The molecule has 3 aromatic carbocycles. The zero-order valence-corrected chi connectivity index (χ0v) is 28.1. The summed E-state index contributed by atoms with van der Waals surface area (Å²) in [5.41, 5.74) is 3.95. The van der Waals surface area contributed by atoms with Crippen LogP contribution < -0.4 is 16.0 Å². The molecule has 0 saturated heterocycles. The number of amides is 3. The Bertz CT molecular complexity index is 1940. The number of benzene rings is 3. The normalized spacial score (nSPS) is 16.8. The maximum absolute atomic E-state index is 14.2. The lowest BCUT2D eigenvalue weighted by Gasteiger charge is -2.37. The van der Waals surface area contributed by atoms with Gasteiger partial charge in [-0.3, -0.25) is 19.2 Å². The molecule has 0 spiro atoms. The monoisotopic (exact) mass is 693 g/mol. The SMILES string of the molecule is Cc1cc(NC(=O)[C@H](CCN2C=NC(O)=C3NC=CN=C32)NC(=O)[C@@H]2Cc3ccccc3CN2C(=O)CCC(=O)c2ccccc2)ccc1Cl. The Balaban J connectivity index is 1.22. The molecule has 3 aromatic rings. The third-order valence-electron chi connectivity index (χ3n) is 8.79. The first-order valence-corrected chi connectivity index (χ1v) is 16.6. The molecule has 0 aliphatic carbocycles. The Morgan fingerprint density at radius 2 is 1.78 bits per heavy atom. The van der Waals surface area contributed by atoms with Gasteiger partial charge < -0.3 is 30.9 Å². The number of halogens is 1. The number of nitrogens with one attached hydrogen (secondary N) is 3. The number of aliphatic hydroxyl groups is 1. The summed E-state index contributed by atoms with van der Waals surface area (Å²) in [6, 6.07) is 19.5. The minimum absolute atomic E-state index is 0.00180. The van der Waals surface area contributed by atoms with E-state index in [0.29, 0.717) is 27.8 Å². The number of carbonyl (C=O) groups is 4. The van der Waals surface area contributed by atoms with Crippen molar-refractivity contribution in [3.05, 3.63) is 124 Å². The van der Waals surface area contributed by atoms with Crippen LogP contribution in [0.3, 0.4) is 0 Å². The molecule has 2 atom stereocenters. The third-order valence-corrected chi connectivity index (χ3v) is 9.21. The van der Waals surface area contributed by atoms with Gasteiger partial charge in [0, 0.05) is 61.0 Å². The Labute approximate surface area is 294 Å². The summed E-state index contributed by atoms with van der Waals surface area (Å²) < 4.78 is 0. The first kappa shape index (κ1) is 34.1. The van der Waals surface area contributed by atoms with Gasteiger partial charge in [0.1, 0.15) is 24.1 Å². The second-order valence-corrected chi connectivity index (χ2v) is 12.6. The first-order chi connectivity index (χ1) is 24.2. The molecule has 0 bridgehead atoms. The van der Waals surface area contributed by atoms with Crippen molar-refractivity contribution in [2.75, 3.05) is 11.9 Å². The van der Waals surface area contributed by atoms with Crippen molar-refractivity contribution < 1.29 is 24.3 Å². The number of amidine groups is 1. The number of rotatable bonds is 11. The van der Waals surface area contributed by atoms with E-state index in [9.17, 15) is 24.3 Å². The summed E-state index contributed by atoms with van der Waals surface area (Å²) in [7, 11) is 0. The zero-order valence-electron chi connectivity index (χ0n) is 27.3. The van der Waals surface area contributed by atoms with Crippen molar-refractivity contribution >= 4 is 53.0 Å². The van der Waals surface area contributed by atoms with Gasteiger partial charge in [-0.15, -0.1) is 0 Å². The number of hydrogen-bond donors (Lipinski definition) is 4. The molecule has 13 heteroatoms. The van der Waals surface area contributed by atoms with Crippen LogP contribution in [0.15, 0.2) is 107 Å². The summed E-state index contributed by atoms with van der Waals surface area (Å²) in [5, 5.41) is 19.5. The van der Waals surface area contributed by atoms with E-state index >= 15 is 0 Å². The summed E-state index contributed by atoms with van der Waals surface area (Å²) in [5.74, 6) is -1.28. The van der Waals surface area contributed by atoms with Crippen LogP contribution in [0.5, 0.6) is 0 Å². The van der Waals surface area contributed by atoms with Gasteiger partial charge in [-0.2, -0.15) is 0 Å². The second kappa shape index (κ2) is 15.2. The number of Topliss-reactive ketones (excluding diaryl/α,β-unsaturated/α-hetero) is 1. The number of aliphatic imine (C=N–C) groups is 2. The number of aryl methyl sites for hydroxylation is 1. The summed E-state index contributed by atoms with van der Waals surface area (Å²) >= 11 is 6.20. The van der Waals surface area contributed by atoms with Crippen molar-refractivity contribution in [1.29, 1.82) is 0 Å².